The van der Waals surface area contributed by atoms with Crippen molar-refractivity contribution in [3.63, 3.8) is 0 Å². The van der Waals surface area contributed by atoms with Gasteiger partial charge in [0.1, 0.15) is 0 Å². The molecule has 0 unspecified atom stereocenters. The van der Waals surface area contributed by atoms with E-state index in [2.05, 4.69) is 45.5 Å². The number of hydrogen-bond acceptors (Lipinski definition) is 2. The minimum Gasteiger partial charge on any atom is -0.356 e. The van der Waals surface area contributed by atoms with E-state index in [0.29, 0.717) is 0 Å². The van der Waals surface area contributed by atoms with Crippen molar-refractivity contribution in [3.8, 4) is 0 Å². The first-order valence-electron chi connectivity index (χ1n) is 10.8. The van der Waals surface area contributed by atoms with Crippen LogP contribution in [0.2, 0.25) is 0 Å². The van der Waals surface area contributed by atoms with Crippen LogP contribution in [0.3, 0.4) is 0 Å². The number of nitrogens with zero attached hydrogens (tertiary/aromatic N) is 3. The van der Waals surface area contributed by atoms with Gasteiger partial charge in [-0.1, -0.05) is 36.4 Å². The van der Waals surface area contributed by atoms with Crippen molar-refractivity contribution in [2.45, 2.75) is 45.6 Å². The van der Waals surface area contributed by atoms with Crippen molar-refractivity contribution in [2.24, 2.45) is 10.9 Å². The summed E-state index contributed by atoms with van der Waals surface area (Å²) in [5.74, 6) is 1.77. The van der Waals surface area contributed by atoms with Gasteiger partial charge in [-0.15, -0.1) is 24.0 Å². The summed E-state index contributed by atoms with van der Waals surface area (Å²) < 4.78 is 1.85. The van der Waals surface area contributed by atoms with E-state index in [1.54, 1.807) is 6.07 Å². The van der Waals surface area contributed by atoms with Crippen LogP contribution in [-0.2, 0) is 13.0 Å². The lowest BCUT2D eigenvalue weighted by Gasteiger charge is -2.34. The van der Waals surface area contributed by atoms with Crippen LogP contribution in [0.4, 0.5) is 0 Å². The van der Waals surface area contributed by atoms with Crippen molar-refractivity contribution >= 4 is 29.9 Å². The Balaban J connectivity index is 0.00000320. The average molecular weight is 522 g/mol. The van der Waals surface area contributed by atoms with Gasteiger partial charge in [-0.25, -0.2) is 0 Å². The predicted molar refractivity (Wildman–Crippen MR) is 136 cm³/mol. The molecule has 0 spiro atoms. The van der Waals surface area contributed by atoms with Gasteiger partial charge in [-0.05, 0) is 56.6 Å². The van der Waals surface area contributed by atoms with Crippen LogP contribution in [0.5, 0.6) is 0 Å². The second-order valence-corrected chi connectivity index (χ2v) is 7.96. The number of halogens is 1. The molecule has 0 amide bonds. The summed E-state index contributed by atoms with van der Waals surface area (Å²) in [6.45, 7) is 5.78. The zero-order chi connectivity index (χ0) is 20.5. The van der Waals surface area contributed by atoms with Crippen LogP contribution in [-0.4, -0.2) is 42.1 Å². The maximum absolute atomic E-state index is 11.9. The fraction of sp³-hybridized carbons (Fsp3) is 0.500. The minimum absolute atomic E-state index is 0. The average Bonchev–Trinajstić information content (AvgIpc) is 2.74. The molecule has 3 rings (SSSR count). The largest absolute Gasteiger partial charge is 0.356 e. The molecule has 1 fully saturated rings. The summed E-state index contributed by atoms with van der Waals surface area (Å²) in [6.07, 6.45) is 5.61. The van der Waals surface area contributed by atoms with Crippen LogP contribution in [0.1, 0.15) is 36.9 Å². The number of hydrogen-bond donors (Lipinski definition) is 1. The highest BCUT2D eigenvalue weighted by molar-refractivity contribution is 14.0. The smallest absolute Gasteiger partial charge is 0.250 e. The number of aryl methyl sites for hydroxylation is 1. The Labute approximate surface area is 197 Å². The van der Waals surface area contributed by atoms with Gasteiger partial charge < -0.3 is 14.8 Å². The van der Waals surface area contributed by atoms with Crippen LogP contribution in [0, 0.1) is 12.8 Å². The molecule has 1 aliphatic rings. The number of likely N-dealkylation sites (tertiary alicyclic amines) is 1. The highest BCUT2D eigenvalue weighted by Gasteiger charge is 2.21. The Hall–Kier alpha value is -1.83. The summed E-state index contributed by atoms with van der Waals surface area (Å²) in [6, 6.07) is 16.3. The Morgan fingerprint density at radius 3 is 2.47 bits per heavy atom. The van der Waals surface area contributed by atoms with Gasteiger partial charge in [0.15, 0.2) is 5.96 Å². The molecule has 30 heavy (non-hydrogen) atoms. The Bertz CT molecular complexity index is 842. The lowest BCUT2D eigenvalue weighted by atomic mass is 9.90. The number of benzene rings is 1. The lowest BCUT2D eigenvalue weighted by Crippen LogP contribution is -2.46. The molecule has 0 saturated carbocycles. The standard InChI is InChI=1S/C24H34N4O.HI/c1-20-9-8-12-23(29)28(20)16-7-6-15-26-24(25-2)27-17-13-22(14-18-27)19-21-10-4-3-5-11-21;/h3-5,8-12,22H,6-7,13-19H2,1-2H3,(H,25,26);1H. The van der Waals surface area contributed by atoms with Crippen LogP contribution >= 0.6 is 24.0 Å². The number of aromatic nitrogens is 1. The highest BCUT2D eigenvalue weighted by atomic mass is 127. The summed E-state index contributed by atoms with van der Waals surface area (Å²) in [4.78, 5) is 18.8. The van der Waals surface area contributed by atoms with E-state index in [0.717, 1.165) is 56.6 Å². The second-order valence-electron chi connectivity index (χ2n) is 7.96. The number of rotatable bonds is 7. The molecule has 2 heterocycles. The van der Waals surface area contributed by atoms with E-state index in [-0.39, 0.29) is 29.5 Å². The van der Waals surface area contributed by atoms with Crippen molar-refractivity contribution in [1.82, 2.24) is 14.8 Å². The Morgan fingerprint density at radius 2 is 1.80 bits per heavy atom. The van der Waals surface area contributed by atoms with E-state index < -0.39 is 0 Å². The SMILES string of the molecule is CN=C(NCCCCn1c(C)cccc1=O)N1CCC(Cc2ccccc2)CC1.I. The van der Waals surface area contributed by atoms with Crippen molar-refractivity contribution in [1.29, 1.82) is 0 Å². The zero-order valence-corrected chi connectivity index (χ0v) is 20.5. The van der Waals surface area contributed by atoms with Gasteiger partial charge in [0, 0.05) is 45.0 Å². The molecule has 1 N–H and O–H groups in total. The zero-order valence-electron chi connectivity index (χ0n) is 18.2. The summed E-state index contributed by atoms with van der Waals surface area (Å²) in [5.41, 5.74) is 2.56. The maximum atomic E-state index is 11.9. The molecule has 2 aromatic rings. The third-order valence-corrected chi connectivity index (χ3v) is 5.85. The Kier molecular flexibility index (Phi) is 10.4. The molecule has 5 nitrogen and oxygen atoms in total. The molecule has 6 heteroatoms. The van der Waals surface area contributed by atoms with Crippen molar-refractivity contribution in [2.75, 3.05) is 26.7 Å². The summed E-state index contributed by atoms with van der Waals surface area (Å²) >= 11 is 0. The number of nitrogens with one attached hydrogen (secondary N) is 1. The molecule has 0 bridgehead atoms. The number of guanidine groups is 1. The quantitative estimate of drug-likeness (QED) is 0.258. The molecule has 0 atom stereocenters. The Morgan fingerprint density at radius 1 is 1.07 bits per heavy atom. The number of aliphatic imine (C=N–C) groups is 1. The van der Waals surface area contributed by atoms with Crippen LogP contribution in [0.15, 0.2) is 58.3 Å². The molecule has 1 aromatic heterocycles. The topological polar surface area (TPSA) is 49.6 Å². The molecule has 1 aromatic carbocycles. The van der Waals surface area contributed by atoms with Gasteiger partial charge >= 0.3 is 0 Å². The first kappa shape index (κ1) is 24.4. The fourth-order valence-corrected chi connectivity index (χ4v) is 4.13. The van der Waals surface area contributed by atoms with Gasteiger partial charge in [-0.3, -0.25) is 9.79 Å². The van der Waals surface area contributed by atoms with Crippen LogP contribution < -0.4 is 10.9 Å². The third-order valence-electron chi connectivity index (χ3n) is 5.85. The van der Waals surface area contributed by atoms with E-state index in [1.165, 1.54) is 24.8 Å². The van der Waals surface area contributed by atoms with Gasteiger partial charge in [0.25, 0.3) is 5.56 Å². The number of unbranched alkanes of at least 4 members (excludes halogenated alkanes) is 1. The molecule has 1 aliphatic heterocycles. The predicted octanol–water partition coefficient (Wildman–Crippen LogP) is 4.09. The van der Waals surface area contributed by atoms with Gasteiger partial charge in [0.2, 0.25) is 0 Å². The lowest BCUT2D eigenvalue weighted by molar-refractivity contribution is 0.259. The molecule has 0 radical (unpaired) electrons. The van der Waals surface area contributed by atoms with Crippen molar-refractivity contribution < 1.29 is 0 Å². The third kappa shape index (κ3) is 7.15. The number of piperidine rings is 1. The van der Waals surface area contributed by atoms with Gasteiger partial charge in [0.05, 0.1) is 0 Å². The van der Waals surface area contributed by atoms with Gasteiger partial charge in [-0.2, -0.15) is 0 Å². The molecule has 0 aliphatic carbocycles. The monoisotopic (exact) mass is 522 g/mol. The fourth-order valence-electron chi connectivity index (χ4n) is 4.13. The molecular formula is C24H35IN4O. The summed E-state index contributed by atoms with van der Waals surface area (Å²) in [7, 11) is 1.87. The normalized spacial score (nSPS) is 15.0. The maximum Gasteiger partial charge on any atom is 0.250 e. The molecule has 1 saturated heterocycles. The van der Waals surface area contributed by atoms with E-state index in [4.69, 9.17) is 0 Å². The highest BCUT2D eigenvalue weighted by Crippen LogP contribution is 2.21. The van der Waals surface area contributed by atoms with Crippen molar-refractivity contribution in [3.05, 3.63) is 70.1 Å². The van der Waals surface area contributed by atoms with E-state index >= 15 is 0 Å². The first-order valence-corrected chi connectivity index (χ1v) is 10.8. The van der Waals surface area contributed by atoms with E-state index in [1.807, 2.05) is 30.7 Å². The molecule has 164 valence electrons. The molecular weight excluding hydrogens is 487 g/mol. The van der Waals surface area contributed by atoms with E-state index in [9.17, 15) is 4.79 Å². The first-order chi connectivity index (χ1) is 14.2. The minimum atomic E-state index is 0. The van der Waals surface area contributed by atoms with Crippen LogP contribution in [0.25, 0.3) is 0 Å². The second kappa shape index (κ2) is 12.8. The number of pyridine rings is 1. The summed E-state index contributed by atoms with van der Waals surface area (Å²) in [5, 5.41) is 3.51.